The molecule has 0 amide bonds. The summed E-state index contributed by atoms with van der Waals surface area (Å²) in [4.78, 5) is 26.4. The Labute approximate surface area is 161 Å². The second-order valence-electron chi connectivity index (χ2n) is 5.63. The molecule has 2 heterocycles. The molecular weight excluding hydrogens is 396 g/mol. The van der Waals surface area contributed by atoms with Crippen LogP contribution in [0.15, 0.2) is 64.4 Å². The molecule has 10 heteroatoms. The van der Waals surface area contributed by atoms with Crippen LogP contribution in [-0.4, -0.2) is 15.1 Å². The van der Waals surface area contributed by atoms with Crippen LogP contribution in [0.3, 0.4) is 0 Å². The summed E-state index contributed by atoms with van der Waals surface area (Å²) in [5, 5.41) is 8.64. The first-order valence-corrected chi connectivity index (χ1v) is 8.15. The molecule has 0 atom stereocenters. The minimum Gasteiger partial charge on any atom is -0.503 e. The maximum atomic E-state index is 12.3. The predicted molar refractivity (Wildman–Crippen MR) is 96.5 cm³/mol. The second kappa shape index (κ2) is 10.1. The first kappa shape index (κ1) is 21.7. The fourth-order valence-corrected chi connectivity index (χ4v) is 2.05. The van der Waals surface area contributed by atoms with Crippen LogP contribution in [0.5, 0.6) is 11.5 Å². The van der Waals surface area contributed by atoms with Crippen molar-refractivity contribution in [3.8, 4) is 11.5 Å². The van der Waals surface area contributed by atoms with Gasteiger partial charge in [0.15, 0.2) is 11.5 Å². The number of aromatic hydroxyl groups is 1. The molecule has 6 nitrogen and oxygen atoms in total. The summed E-state index contributed by atoms with van der Waals surface area (Å²) in [6.07, 6.45) is -3.42. The van der Waals surface area contributed by atoms with Gasteiger partial charge in [-0.3, -0.25) is 9.59 Å². The summed E-state index contributed by atoms with van der Waals surface area (Å²) in [5.41, 5.74) is -1.37. The lowest BCUT2D eigenvalue weighted by atomic mass is 10.2. The van der Waals surface area contributed by atoms with Gasteiger partial charge in [-0.1, -0.05) is 30.3 Å². The Bertz CT molecular complexity index is 1040. The van der Waals surface area contributed by atoms with Gasteiger partial charge in [-0.05, 0) is 5.56 Å². The molecule has 0 fully saturated rings. The molecule has 0 spiro atoms. The number of hydrogen-bond donors (Lipinski definition) is 3. The minimum absolute atomic E-state index is 0.0308. The summed E-state index contributed by atoms with van der Waals surface area (Å²) in [5.74, 6) is -0.530. The van der Waals surface area contributed by atoms with Crippen molar-refractivity contribution in [2.45, 2.75) is 19.5 Å². The summed E-state index contributed by atoms with van der Waals surface area (Å²) < 4.78 is 53.6. The highest BCUT2D eigenvalue weighted by Crippen LogP contribution is 2.16. The molecule has 0 bridgehead atoms. The Kier molecular flexibility index (Phi) is 7.58. The third kappa shape index (κ3) is 6.52. The summed E-state index contributed by atoms with van der Waals surface area (Å²) in [6, 6.07) is 10.8. The van der Waals surface area contributed by atoms with E-state index in [1.807, 2.05) is 30.3 Å². The number of pyridine rings is 2. The molecule has 3 aromatic rings. The number of H-pyrrole nitrogens is 2. The van der Waals surface area contributed by atoms with Crippen molar-refractivity contribution in [1.82, 2.24) is 9.97 Å². The van der Waals surface area contributed by atoms with Crippen molar-refractivity contribution in [1.29, 1.82) is 0 Å². The fraction of sp³-hybridized carbons (Fsp3) is 0.158. The zero-order valence-electron chi connectivity index (χ0n) is 14.7. The van der Waals surface area contributed by atoms with Gasteiger partial charge in [0, 0.05) is 24.5 Å². The van der Waals surface area contributed by atoms with Crippen LogP contribution in [0.2, 0.25) is 0 Å². The van der Waals surface area contributed by atoms with Gasteiger partial charge >= 0.3 is 0 Å². The van der Waals surface area contributed by atoms with Crippen LogP contribution < -0.4 is 15.6 Å². The van der Waals surface area contributed by atoms with Crippen LogP contribution in [0, 0.1) is 0 Å². The molecule has 154 valence electrons. The maximum absolute atomic E-state index is 12.3. The molecule has 0 aliphatic heterocycles. The number of nitrogens with one attached hydrogen (secondary N) is 2. The number of aromatic amines is 2. The van der Waals surface area contributed by atoms with Gasteiger partial charge in [-0.2, -0.15) is 0 Å². The molecule has 3 N–H and O–H groups in total. The number of rotatable bonds is 5. The highest BCUT2D eigenvalue weighted by molar-refractivity contribution is 5.22. The van der Waals surface area contributed by atoms with Crippen molar-refractivity contribution in [2.75, 3.05) is 0 Å². The topological polar surface area (TPSA) is 95.2 Å². The van der Waals surface area contributed by atoms with Gasteiger partial charge in [0.05, 0.1) is 11.4 Å². The lowest BCUT2D eigenvalue weighted by Crippen LogP contribution is -2.09. The Morgan fingerprint density at radius 2 is 1.41 bits per heavy atom. The first-order valence-electron chi connectivity index (χ1n) is 8.15. The fourth-order valence-electron chi connectivity index (χ4n) is 2.05. The molecule has 3 rings (SSSR count). The van der Waals surface area contributed by atoms with Gasteiger partial charge in [0.25, 0.3) is 12.9 Å². The summed E-state index contributed by atoms with van der Waals surface area (Å²) >= 11 is 0. The van der Waals surface area contributed by atoms with E-state index in [1.54, 1.807) is 0 Å². The molecular formula is C19H16F4N2O4. The number of aromatic nitrogens is 2. The molecule has 29 heavy (non-hydrogen) atoms. The van der Waals surface area contributed by atoms with Crippen LogP contribution in [0.1, 0.15) is 29.8 Å². The van der Waals surface area contributed by atoms with Crippen molar-refractivity contribution < 1.29 is 27.4 Å². The average Bonchev–Trinajstić information content (AvgIpc) is 2.70. The standard InChI is InChI=1S/C13H11F2NO2.C6H5F2NO2/c14-13(15)10-6-11(17)12(7-16-10)18-8-9-4-2-1-3-5-9;7-6(8)3-1-4(10)5(11)2-9-3/h1-7,13H,8H2,(H,16,17);1-2,6,11H,(H,9,10). The molecule has 0 radical (unpaired) electrons. The minimum atomic E-state index is -2.72. The van der Waals surface area contributed by atoms with E-state index in [2.05, 4.69) is 9.97 Å². The van der Waals surface area contributed by atoms with Crippen LogP contribution in [0.4, 0.5) is 17.6 Å². The van der Waals surface area contributed by atoms with E-state index in [0.29, 0.717) is 6.07 Å². The zero-order valence-corrected chi connectivity index (χ0v) is 14.7. The zero-order chi connectivity index (χ0) is 21.4. The van der Waals surface area contributed by atoms with Gasteiger partial charge in [0.2, 0.25) is 10.9 Å². The molecule has 2 aromatic heterocycles. The normalized spacial score (nSPS) is 10.6. The molecule has 0 aliphatic rings. The smallest absolute Gasteiger partial charge is 0.278 e. The van der Waals surface area contributed by atoms with Gasteiger partial charge in [0.1, 0.15) is 6.61 Å². The van der Waals surface area contributed by atoms with E-state index in [9.17, 15) is 27.2 Å². The molecule has 0 saturated carbocycles. The lowest BCUT2D eigenvalue weighted by molar-refractivity contribution is 0.145. The Hall–Kier alpha value is -3.56. The largest absolute Gasteiger partial charge is 0.503 e. The highest BCUT2D eigenvalue weighted by atomic mass is 19.3. The molecule has 0 aliphatic carbocycles. The van der Waals surface area contributed by atoms with E-state index in [4.69, 9.17) is 9.84 Å². The van der Waals surface area contributed by atoms with Crippen LogP contribution in [0.25, 0.3) is 0 Å². The Morgan fingerprint density at radius 1 is 0.862 bits per heavy atom. The SMILES string of the molecule is O=c1cc(C(F)F)[nH]cc1O.O=c1cc(C(F)F)[nH]cc1OCc1ccccc1. The first-order chi connectivity index (χ1) is 13.8. The number of benzene rings is 1. The summed E-state index contributed by atoms with van der Waals surface area (Å²) in [7, 11) is 0. The lowest BCUT2D eigenvalue weighted by Gasteiger charge is -2.06. The number of hydrogen-bond acceptors (Lipinski definition) is 4. The Balaban J connectivity index is 0.000000234. The van der Waals surface area contributed by atoms with Crippen molar-refractivity contribution in [3.05, 3.63) is 92.3 Å². The van der Waals surface area contributed by atoms with Crippen molar-refractivity contribution in [3.63, 3.8) is 0 Å². The quantitative estimate of drug-likeness (QED) is 0.554. The number of ether oxygens (including phenoxy) is 1. The molecule has 0 saturated heterocycles. The number of halogens is 4. The van der Waals surface area contributed by atoms with Gasteiger partial charge in [-0.25, -0.2) is 17.6 Å². The van der Waals surface area contributed by atoms with E-state index in [0.717, 1.165) is 24.0 Å². The monoisotopic (exact) mass is 412 g/mol. The van der Waals surface area contributed by atoms with E-state index >= 15 is 0 Å². The van der Waals surface area contributed by atoms with Crippen LogP contribution in [-0.2, 0) is 6.61 Å². The van der Waals surface area contributed by atoms with Gasteiger partial charge in [-0.15, -0.1) is 0 Å². The predicted octanol–water partition coefficient (Wildman–Crippen LogP) is 3.91. The van der Waals surface area contributed by atoms with E-state index in [-0.39, 0.29) is 12.4 Å². The third-order valence-corrected chi connectivity index (χ3v) is 3.52. The molecule has 1 aromatic carbocycles. The number of alkyl halides is 4. The van der Waals surface area contributed by atoms with Gasteiger partial charge < -0.3 is 19.8 Å². The average molecular weight is 412 g/mol. The second-order valence-corrected chi connectivity index (χ2v) is 5.63. The van der Waals surface area contributed by atoms with E-state index in [1.165, 1.54) is 0 Å². The molecule has 0 unspecified atom stereocenters. The van der Waals surface area contributed by atoms with E-state index < -0.39 is 40.8 Å². The maximum Gasteiger partial charge on any atom is 0.278 e. The highest BCUT2D eigenvalue weighted by Gasteiger charge is 2.10. The van der Waals surface area contributed by atoms with Crippen LogP contribution >= 0.6 is 0 Å². The van der Waals surface area contributed by atoms with Crippen molar-refractivity contribution >= 4 is 0 Å². The third-order valence-electron chi connectivity index (χ3n) is 3.52. The summed E-state index contributed by atoms with van der Waals surface area (Å²) in [6.45, 7) is 0.220. The van der Waals surface area contributed by atoms with Crippen molar-refractivity contribution in [2.24, 2.45) is 0 Å². The Morgan fingerprint density at radius 3 is 1.93 bits per heavy atom.